The van der Waals surface area contributed by atoms with E-state index >= 15 is 0 Å². The van der Waals surface area contributed by atoms with Gasteiger partial charge in [-0.15, -0.1) is 0 Å². The largest absolute Gasteiger partial charge is 0.271 e. The molecule has 0 aliphatic carbocycles. The molecule has 2 aromatic carbocycles. The molecule has 3 aromatic rings. The van der Waals surface area contributed by atoms with E-state index in [1.54, 1.807) is 42.7 Å². The van der Waals surface area contributed by atoms with Crippen LogP contribution in [-0.4, -0.2) is 32.1 Å². The molecule has 0 spiro atoms. The van der Waals surface area contributed by atoms with E-state index in [0.29, 0.717) is 10.0 Å². The number of nitrogens with zero attached hydrogens (tertiary/aromatic N) is 3. The summed E-state index contributed by atoms with van der Waals surface area (Å²) in [5, 5.41) is 4.58. The highest BCUT2D eigenvalue weighted by Gasteiger charge is 2.27. The van der Waals surface area contributed by atoms with Gasteiger partial charge in [-0.05, 0) is 60.2 Å². The number of pyridine rings is 1. The summed E-state index contributed by atoms with van der Waals surface area (Å²) in [4.78, 5) is 16.3. The number of carbonyl (C=O) groups is 1. The number of aromatic nitrogens is 1. The van der Waals surface area contributed by atoms with Crippen LogP contribution in [0.4, 0.5) is 5.69 Å². The van der Waals surface area contributed by atoms with Crippen molar-refractivity contribution in [3.8, 4) is 0 Å². The molecule has 1 N–H and O–H groups in total. The number of sulfonamides is 1. The maximum Gasteiger partial charge on any atom is 0.264 e. The zero-order chi connectivity index (χ0) is 21.6. The standard InChI is InChI=1S/C20H16Cl2N4O3S/c21-16-4-6-19(7-5-16)30(28,29)26(18-3-1-2-17(22)12-18)14-20(27)25-24-13-15-8-10-23-11-9-15/h1-13H,14H2,(H,25,27)/b24-13+. The molecule has 0 saturated carbocycles. The van der Waals surface area contributed by atoms with Crippen molar-refractivity contribution in [3.05, 3.63) is 88.7 Å². The minimum absolute atomic E-state index is 0.0139. The lowest BCUT2D eigenvalue weighted by atomic mass is 10.3. The molecule has 0 radical (unpaired) electrons. The van der Waals surface area contributed by atoms with Gasteiger partial charge in [0, 0.05) is 22.4 Å². The average Bonchev–Trinajstić information content (AvgIpc) is 2.73. The molecular formula is C20H16Cl2N4O3S. The van der Waals surface area contributed by atoms with Gasteiger partial charge in [0.1, 0.15) is 6.54 Å². The second kappa shape index (κ2) is 9.71. The van der Waals surface area contributed by atoms with E-state index in [0.717, 1.165) is 9.87 Å². The fourth-order valence-electron chi connectivity index (χ4n) is 2.47. The Morgan fingerprint density at radius 3 is 2.40 bits per heavy atom. The Hall–Kier alpha value is -2.94. The summed E-state index contributed by atoms with van der Waals surface area (Å²) in [6.45, 7) is -0.501. The van der Waals surface area contributed by atoms with Crippen LogP contribution in [0.3, 0.4) is 0 Å². The molecule has 30 heavy (non-hydrogen) atoms. The minimum Gasteiger partial charge on any atom is -0.271 e. The third-order valence-electron chi connectivity index (χ3n) is 3.89. The zero-order valence-corrected chi connectivity index (χ0v) is 17.8. The van der Waals surface area contributed by atoms with E-state index < -0.39 is 22.5 Å². The smallest absolute Gasteiger partial charge is 0.264 e. The number of halogens is 2. The number of carbonyl (C=O) groups excluding carboxylic acids is 1. The Balaban J connectivity index is 1.85. The number of hydrogen-bond acceptors (Lipinski definition) is 5. The van der Waals surface area contributed by atoms with Crippen molar-refractivity contribution in [2.45, 2.75) is 4.90 Å². The molecule has 0 fully saturated rings. The number of nitrogens with one attached hydrogen (secondary N) is 1. The van der Waals surface area contributed by atoms with Crippen LogP contribution in [0.25, 0.3) is 0 Å². The van der Waals surface area contributed by atoms with Crippen molar-refractivity contribution < 1.29 is 13.2 Å². The topological polar surface area (TPSA) is 91.7 Å². The first kappa shape index (κ1) is 21.8. The highest BCUT2D eigenvalue weighted by atomic mass is 35.5. The molecule has 1 amide bonds. The fraction of sp³-hybridized carbons (Fsp3) is 0.0500. The Morgan fingerprint density at radius 2 is 1.73 bits per heavy atom. The monoisotopic (exact) mass is 462 g/mol. The molecule has 1 heterocycles. The molecule has 7 nitrogen and oxygen atoms in total. The van der Waals surface area contributed by atoms with Crippen molar-refractivity contribution >= 4 is 51.0 Å². The summed E-state index contributed by atoms with van der Waals surface area (Å²) >= 11 is 11.9. The molecule has 0 aliphatic rings. The number of benzene rings is 2. The third kappa shape index (κ3) is 5.56. The molecule has 0 atom stereocenters. The number of hydrogen-bond donors (Lipinski definition) is 1. The second-order valence-corrected chi connectivity index (χ2v) is 8.75. The van der Waals surface area contributed by atoms with Crippen LogP contribution < -0.4 is 9.73 Å². The van der Waals surface area contributed by atoms with Gasteiger partial charge in [0.15, 0.2) is 0 Å². The summed E-state index contributed by atoms with van der Waals surface area (Å²) in [7, 11) is -4.06. The molecular weight excluding hydrogens is 447 g/mol. The van der Waals surface area contributed by atoms with Crippen LogP contribution in [0.15, 0.2) is 83.1 Å². The summed E-state index contributed by atoms with van der Waals surface area (Å²) in [5.74, 6) is -0.627. The summed E-state index contributed by atoms with van der Waals surface area (Å²) in [6, 6.07) is 15.3. The maximum absolute atomic E-state index is 13.2. The van der Waals surface area contributed by atoms with Gasteiger partial charge in [-0.3, -0.25) is 14.1 Å². The molecule has 3 rings (SSSR count). The molecule has 0 saturated heterocycles. The van der Waals surface area contributed by atoms with E-state index in [1.807, 2.05) is 0 Å². The zero-order valence-electron chi connectivity index (χ0n) is 15.4. The molecule has 10 heteroatoms. The predicted octanol–water partition coefficient (Wildman–Crippen LogP) is 3.73. The fourth-order valence-corrected chi connectivity index (χ4v) is 4.20. The van der Waals surface area contributed by atoms with Gasteiger partial charge >= 0.3 is 0 Å². The third-order valence-corrected chi connectivity index (χ3v) is 6.17. The average molecular weight is 463 g/mol. The summed E-state index contributed by atoms with van der Waals surface area (Å²) in [6.07, 6.45) is 4.60. The molecule has 154 valence electrons. The quantitative estimate of drug-likeness (QED) is 0.427. The first-order valence-electron chi connectivity index (χ1n) is 8.62. The molecule has 0 aliphatic heterocycles. The first-order valence-corrected chi connectivity index (χ1v) is 10.8. The Kier molecular flexibility index (Phi) is 7.04. The van der Waals surface area contributed by atoms with Crippen molar-refractivity contribution in [2.75, 3.05) is 10.8 Å². The van der Waals surface area contributed by atoms with Crippen molar-refractivity contribution in [1.29, 1.82) is 0 Å². The molecule has 1 aromatic heterocycles. The number of amides is 1. The van der Waals surface area contributed by atoms with Gasteiger partial charge in [-0.25, -0.2) is 13.8 Å². The van der Waals surface area contributed by atoms with E-state index in [9.17, 15) is 13.2 Å². The van der Waals surface area contributed by atoms with Gasteiger partial charge < -0.3 is 0 Å². The summed E-state index contributed by atoms with van der Waals surface area (Å²) < 4.78 is 27.4. The maximum atomic E-state index is 13.2. The lowest BCUT2D eigenvalue weighted by Crippen LogP contribution is -2.39. The normalized spacial score (nSPS) is 11.4. The molecule has 0 unspecified atom stereocenters. The predicted molar refractivity (Wildman–Crippen MR) is 117 cm³/mol. The van der Waals surface area contributed by atoms with Crippen molar-refractivity contribution in [2.24, 2.45) is 5.10 Å². The summed E-state index contributed by atoms with van der Waals surface area (Å²) in [5.41, 5.74) is 3.30. The highest BCUT2D eigenvalue weighted by molar-refractivity contribution is 7.92. The Morgan fingerprint density at radius 1 is 1.03 bits per heavy atom. The van der Waals surface area contributed by atoms with E-state index in [4.69, 9.17) is 23.2 Å². The van der Waals surface area contributed by atoms with E-state index in [-0.39, 0.29) is 10.6 Å². The van der Waals surface area contributed by atoms with Crippen LogP contribution in [0.2, 0.25) is 10.0 Å². The first-order chi connectivity index (χ1) is 14.4. The Labute approximate surface area is 184 Å². The lowest BCUT2D eigenvalue weighted by molar-refractivity contribution is -0.119. The van der Waals surface area contributed by atoms with Crippen LogP contribution >= 0.6 is 23.2 Å². The highest BCUT2D eigenvalue weighted by Crippen LogP contribution is 2.26. The SMILES string of the molecule is O=C(CN(c1cccc(Cl)c1)S(=O)(=O)c1ccc(Cl)cc1)N/N=C/c1ccncc1. The number of rotatable bonds is 7. The Bertz CT molecular complexity index is 1150. The second-order valence-electron chi connectivity index (χ2n) is 6.02. The van der Waals surface area contributed by atoms with Crippen molar-refractivity contribution in [1.82, 2.24) is 10.4 Å². The number of anilines is 1. The van der Waals surface area contributed by atoms with Gasteiger partial charge in [-0.2, -0.15) is 5.10 Å². The minimum atomic E-state index is -4.06. The van der Waals surface area contributed by atoms with Gasteiger partial charge in [0.05, 0.1) is 16.8 Å². The van der Waals surface area contributed by atoms with Gasteiger partial charge in [0.25, 0.3) is 15.9 Å². The van der Waals surface area contributed by atoms with Crippen LogP contribution in [-0.2, 0) is 14.8 Å². The van der Waals surface area contributed by atoms with Gasteiger partial charge in [0.2, 0.25) is 0 Å². The van der Waals surface area contributed by atoms with E-state index in [2.05, 4.69) is 15.5 Å². The van der Waals surface area contributed by atoms with Gasteiger partial charge in [-0.1, -0.05) is 29.3 Å². The van der Waals surface area contributed by atoms with E-state index in [1.165, 1.54) is 36.5 Å². The lowest BCUT2D eigenvalue weighted by Gasteiger charge is -2.23. The molecule has 0 bridgehead atoms. The van der Waals surface area contributed by atoms with Crippen LogP contribution in [0.5, 0.6) is 0 Å². The van der Waals surface area contributed by atoms with Crippen LogP contribution in [0, 0.1) is 0 Å². The van der Waals surface area contributed by atoms with Crippen molar-refractivity contribution in [3.63, 3.8) is 0 Å². The van der Waals surface area contributed by atoms with Crippen LogP contribution in [0.1, 0.15) is 5.56 Å². The number of hydrazone groups is 1.